The van der Waals surface area contributed by atoms with E-state index in [1.165, 1.54) is 6.92 Å². The van der Waals surface area contributed by atoms with E-state index in [1.807, 2.05) is 60.7 Å². The summed E-state index contributed by atoms with van der Waals surface area (Å²) in [5, 5.41) is 3.03. The molecular weight excluding hydrogens is 336 g/mol. The largest absolute Gasteiger partial charge is 0.354 e. The Balaban J connectivity index is 2.18. The fraction of sp³-hybridized carbons (Fsp3) is 0.391. The summed E-state index contributed by atoms with van der Waals surface area (Å²) in [6, 6.07) is 19.2. The van der Waals surface area contributed by atoms with E-state index >= 15 is 0 Å². The van der Waals surface area contributed by atoms with Gasteiger partial charge >= 0.3 is 0 Å². The number of unbranched alkanes of at least 4 members (excludes halogenated alkanes) is 2. The van der Waals surface area contributed by atoms with E-state index in [2.05, 4.69) is 12.2 Å². The van der Waals surface area contributed by atoms with Gasteiger partial charge in [-0.3, -0.25) is 9.59 Å². The van der Waals surface area contributed by atoms with Crippen LogP contribution in [-0.4, -0.2) is 29.3 Å². The highest BCUT2D eigenvalue weighted by molar-refractivity contribution is 5.87. The molecule has 0 aliphatic rings. The summed E-state index contributed by atoms with van der Waals surface area (Å²) in [6.45, 7) is 4.74. The average molecular weight is 367 g/mol. The molecule has 1 N–H and O–H groups in total. The van der Waals surface area contributed by atoms with E-state index in [1.54, 1.807) is 4.90 Å². The predicted octanol–water partition coefficient (Wildman–Crippen LogP) is 3.95. The van der Waals surface area contributed by atoms with Crippen molar-refractivity contribution in [3.05, 3.63) is 71.8 Å². The first-order valence-electron chi connectivity index (χ1n) is 9.74. The minimum absolute atomic E-state index is 0.0823. The van der Waals surface area contributed by atoms with Crippen molar-refractivity contribution >= 4 is 11.8 Å². The molecule has 0 unspecified atom stereocenters. The quantitative estimate of drug-likeness (QED) is 0.647. The standard InChI is InChI=1S/C23H30N2O2/c1-3-4-11-16-24-23(27)22(17-20-12-7-5-8-13-20)25(19(2)26)18-21-14-9-6-10-15-21/h5-10,12-15,22H,3-4,11,16-18H2,1-2H3,(H,24,27)/t22-/m0/s1. The lowest BCUT2D eigenvalue weighted by Gasteiger charge is -2.30. The minimum Gasteiger partial charge on any atom is -0.354 e. The normalized spacial score (nSPS) is 11.6. The smallest absolute Gasteiger partial charge is 0.243 e. The van der Waals surface area contributed by atoms with Crippen molar-refractivity contribution in [2.75, 3.05) is 6.54 Å². The zero-order valence-electron chi connectivity index (χ0n) is 16.4. The monoisotopic (exact) mass is 366 g/mol. The van der Waals surface area contributed by atoms with Crippen LogP contribution in [0, 0.1) is 0 Å². The molecule has 0 fully saturated rings. The molecule has 0 heterocycles. The summed E-state index contributed by atoms with van der Waals surface area (Å²) in [5.74, 6) is -0.176. The van der Waals surface area contributed by atoms with Crippen LogP contribution in [0.2, 0.25) is 0 Å². The van der Waals surface area contributed by atoms with Crippen LogP contribution >= 0.6 is 0 Å². The molecule has 0 spiro atoms. The van der Waals surface area contributed by atoms with Crippen molar-refractivity contribution in [2.24, 2.45) is 0 Å². The number of rotatable bonds is 10. The summed E-state index contributed by atoms with van der Waals surface area (Å²) < 4.78 is 0. The number of nitrogens with one attached hydrogen (secondary N) is 1. The molecule has 27 heavy (non-hydrogen) atoms. The van der Waals surface area contributed by atoms with Crippen molar-refractivity contribution in [3.63, 3.8) is 0 Å². The molecular formula is C23H30N2O2. The predicted molar refractivity (Wildman–Crippen MR) is 109 cm³/mol. The SMILES string of the molecule is CCCCCNC(=O)[C@H](Cc1ccccc1)N(Cc1ccccc1)C(C)=O. The van der Waals surface area contributed by atoms with Crippen molar-refractivity contribution < 1.29 is 9.59 Å². The van der Waals surface area contributed by atoms with E-state index < -0.39 is 6.04 Å². The molecule has 4 heteroatoms. The zero-order chi connectivity index (χ0) is 19.5. The molecule has 2 aromatic carbocycles. The van der Waals surface area contributed by atoms with Gasteiger partial charge in [-0.25, -0.2) is 0 Å². The van der Waals surface area contributed by atoms with Crippen molar-refractivity contribution in [1.82, 2.24) is 10.2 Å². The lowest BCUT2D eigenvalue weighted by molar-refractivity contribution is -0.139. The summed E-state index contributed by atoms with van der Waals surface area (Å²) in [6.07, 6.45) is 3.66. The molecule has 0 radical (unpaired) electrons. The zero-order valence-corrected chi connectivity index (χ0v) is 16.4. The molecule has 4 nitrogen and oxygen atoms in total. The first-order valence-corrected chi connectivity index (χ1v) is 9.74. The van der Waals surface area contributed by atoms with Gasteiger partial charge < -0.3 is 10.2 Å². The number of nitrogens with zero attached hydrogens (tertiary/aromatic N) is 1. The topological polar surface area (TPSA) is 49.4 Å². The van der Waals surface area contributed by atoms with E-state index in [9.17, 15) is 9.59 Å². The maximum absolute atomic E-state index is 12.9. The van der Waals surface area contributed by atoms with Gasteiger partial charge in [-0.05, 0) is 17.5 Å². The first-order chi connectivity index (χ1) is 13.1. The van der Waals surface area contributed by atoms with Gasteiger partial charge in [0.25, 0.3) is 0 Å². The second-order valence-corrected chi connectivity index (χ2v) is 6.84. The average Bonchev–Trinajstić information content (AvgIpc) is 2.69. The second-order valence-electron chi connectivity index (χ2n) is 6.84. The fourth-order valence-corrected chi connectivity index (χ4v) is 3.11. The molecule has 0 aliphatic carbocycles. The van der Waals surface area contributed by atoms with Gasteiger partial charge in [-0.15, -0.1) is 0 Å². The van der Waals surface area contributed by atoms with Crippen molar-refractivity contribution in [2.45, 2.75) is 52.1 Å². The third-order valence-electron chi connectivity index (χ3n) is 4.63. The Labute approximate surface area is 162 Å². The molecule has 2 amide bonds. The van der Waals surface area contributed by atoms with Crippen molar-refractivity contribution in [3.8, 4) is 0 Å². The molecule has 2 rings (SSSR count). The molecule has 2 aromatic rings. The Kier molecular flexibility index (Phi) is 8.56. The van der Waals surface area contributed by atoms with Gasteiger partial charge in [0, 0.05) is 26.4 Å². The van der Waals surface area contributed by atoms with Crippen LogP contribution in [0.15, 0.2) is 60.7 Å². The summed E-state index contributed by atoms with van der Waals surface area (Å²) in [7, 11) is 0. The summed E-state index contributed by atoms with van der Waals surface area (Å²) in [4.78, 5) is 27.0. The van der Waals surface area contributed by atoms with E-state index in [4.69, 9.17) is 0 Å². The van der Waals surface area contributed by atoms with Gasteiger partial charge in [-0.1, -0.05) is 80.4 Å². The van der Waals surface area contributed by atoms with Crippen LogP contribution in [0.4, 0.5) is 0 Å². The minimum atomic E-state index is -0.522. The Bertz CT molecular complexity index is 701. The number of amides is 2. The van der Waals surface area contributed by atoms with Gasteiger partial charge in [0.15, 0.2) is 0 Å². The van der Waals surface area contributed by atoms with Crippen molar-refractivity contribution in [1.29, 1.82) is 0 Å². The number of benzene rings is 2. The molecule has 0 saturated heterocycles. The van der Waals surface area contributed by atoms with Crippen LogP contribution in [0.3, 0.4) is 0 Å². The first kappa shape index (κ1) is 20.7. The number of hydrogen-bond donors (Lipinski definition) is 1. The van der Waals surface area contributed by atoms with Crippen LogP contribution in [-0.2, 0) is 22.6 Å². The second kappa shape index (κ2) is 11.2. The summed E-state index contributed by atoms with van der Waals surface area (Å²) in [5.41, 5.74) is 2.06. The molecule has 0 aliphatic heterocycles. The molecule has 1 atom stereocenters. The Morgan fingerprint density at radius 1 is 0.926 bits per heavy atom. The highest BCUT2D eigenvalue weighted by atomic mass is 16.2. The maximum atomic E-state index is 12.9. The van der Waals surface area contributed by atoms with Gasteiger partial charge in [0.1, 0.15) is 6.04 Å². The Morgan fingerprint density at radius 3 is 2.07 bits per heavy atom. The summed E-state index contributed by atoms with van der Waals surface area (Å²) >= 11 is 0. The maximum Gasteiger partial charge on any atom is 0.243 e. The number of carbonyl (C=O) groups excluding carboxylic acids is 2. The van der Waals surface area contributed by atoms with Crippen LogP contribution in [0.1, 0.15) is 44.2 Å². The van der Waals surface area contributed by atoms with Crippen LogP contribution in [0.25, 0.3) is 0 Å². The third-order valence-corrected chi connectivity index (χ3v) is 4.63. The number of carbonyl (C=O) groups is 2. The van der Waals surface area contributed by atoms with E-state index in [0.717, 1.165) is 30.4 Å². The highest BCUT2D eigenvalue weighted by Crippen LogP contribution is 2.14. The fourth-order valence-electron chi connectivity index (χ4n) is 3.11. The molecule has 144 valence electrons. The van der Waals surface area contributed by atoms with Gasteiger partial charge in [0.2, 0.25) is 11.8 Å². The van der Waals surface area contributed by atoms with Crippen LogP contribution < -0.4 is 5.32 Å². The molecule has 0 bridgehead atoms. The lowest BCUT2D eigenvalue weighted by Crippen LogP contribution is -2.50. The van der Waals surface area contributed by atoms with Gasteiger partial charge in [0.05, 0.1) is 0 Å². The Morgan fingerprint density at radius 2 is 1.52 bits per heavy atom. The highest BCUT2D eigenvalue weighted by Gasteiger charge is 2.28. The number of hydrogen-bond acceptors (Lipinski definition) is 2. The lowest BCUT2D eigenvalue weighted by atomic mass is 10.0. The third kappa shape index (κ3) is 6.89. The Hall–Kier alpha value is -2.62. The molecule has 0 aromatic heterocycles. The van der Waals surface area contributed by atoms with Crippen LogP contribution in [0.5, 0.6) is 0 Å². The van der Waals surface area contributed by atoms with E-state index in [-0.39, 0.29) is 11.8 Å². The van der Waals surface area contributed by atoms with Gasteiger partial charge in [-0.2, -0.15) is 0 Å². The molecule has 0 saturated carbocycles. The van der Waals surface area contributed by atoms with E-state index in [0.29, 0.717) is 19.5 Å².